The molecule has 0 aliphatic rings. The van der Waals surface area contributed by atoms with Crippen molar-refractivity contribution in [3.8, 4) is 0 Å². The lowest BCUT2D eigenvalue weighted by molar-refractivity contribution is 0.414. The second-order valence-corrected chi connectivity index (χ2v) is 9.32. The molecule has 1 aromatic carbocycles. The molecule has 1 atom stereocenters. The number of rotatable bonds is 6. The minimum atomic E-state index is -3.85. The minimum Gasteiger partial charge on any atom is -0.211 e. The number of benzene rings is 1. The second-order valence-electron chi connectivity index (χ2n) is 4.98. The van der Waals surface area contributed by atoms with Gasteiger partial charge < -0.3 is 0 Å². The summed E-state index contributed by atoms with van der Waals surface area (Å²) in [7, 11) is -2.31. The SMILES string of the molecule is CC(C)C(C)CNS(=O)(=O)c1ccc(S(=O)(=O)Cl)cc1. The lowest BCUT2D eigenvalue weighted by atomic mass is 9.99. The summed E-state index contributed by atoms with van der Waals surface area (Å²) in [6.45, 7) is 6.31. The Morgan fingerprint density at radius 3 is 1.85 bits per heavy atom. The topological polar surface area (TPSA) is 80.3 Å². The van der Waals surface area contributed by atoms with Crippen LogP contribution in [0, 0.1) is 11.8 Å². The first-order valence-corrected chi connectivity index (χ1v) is 9.87. The third kappa shape index (κ3) is 4.73. The van der Waals surface area contributed by atoms with Crippen molar-refractivity contribution in [1.82, 2.24) is 4.72 Å². The van der Waals surface area contributed by atoms with Gasteiger partial charge in [-0.3, -0.25) is 0 Å². The van der Waals surface area contributed by atoms with Crippen LogP contribution >= 0.6 is 10.7 Å². The summed E-state index contributed by atoms with van der Waals surface area (Å²) in [6, 6.07) is 4.78. The highest BCUT2D eigenvalue weighted by Gasteiger charge is 2.18. The van der Waals surface area contributed by atoms with Crippen LogP contribution in [0.5, 0.6) is 0 Å². The van der Waals surface area contributed by atoms with Gasteiger partial charge >= 0.3 is 0 Å². The molecule has 0 aromatic heterocycles. The van der Waals surface area contributed by atoms with Gasteiger partial charge in [-0.15, -0.1) is 0 Å². The molecule has 0 spiro atoms. The molecule has 114 valence electrons. The Kier molecular flexibility index (Phi) is 5.60. The molecule has 0 radical (unpaired) electrons. The quantitative estimate of drug-likeness (QED) is 0.805. The summed E-state index contributed by atoms with van der Waals surface area (Å²) in [4.78, 5) is -0.119. The molecule has 1 aromatic rings. The van der Waals surface area contributed by atoms with E-state index >= 15 is 0 Å². The Morgan fingerprint density at radius 1 is 1.00 bits per heavy atom. The molecule has 0 aliphatic heterocycles. The van der Waals surface area contributed by atoms with Crippen LogP contribution in [0.15, 0.2) is 34.1 Å². The number of nitrogens with one attached hydrogen (secondary N) is 1. The minimum absolute atomic E-state index is 0.0116. The number of hydrogen-bond donors (Lipinski definition) is 1. The van der Waals surface area contributed by atoms with Gasteiger partial charge in [0.15, 0.2) is 0 Å². The highest BCUT2D eigenvalue weighted by molar-refractivity contribution is 8.13. The molecule has 0 saturated carbocycles. The Balaban J connectivity index is 2.89. The van der Waals surface area contributed by atoms with Crippen LogP contribution in [-0.4, -0.2) is 23.4 Å². The summed E-state index contributed by atoms with van der Waals surface area (Å²) in [5.74, 6) is 0.564. The average Bonchev–Trinajstić information content (AvgIpc) is 2.35. The Bertz CT molecular complexity index is 651. The van der Waals surface area contributed by atoms with Gasteiger partial charge in [0.1, 0.15) is 0 Å². The lowest BCUT2D eigenvalue weighted by Gasteiger charge is -2.16. The van der Waals surface area contributed by atoms with Gasteiger partial charge in [-0.1, -0.05) is 20.8 Å². The predicted molar refractivity (Wildman–Crippen MR) is 78.7 cm³/mol. The van der Waals surface area contributed by atoms with Crippen LogP contribution in [0.3, 0.4) is 0 Å². The van der Waals surface area contributed by atoms with Crippen molar-refractivity contribution in [2.24, 2.45) is 11.8 Å². The average molecular weight is 340 g/mol. The predicted octanol–water partition coefficient (Wildman–Crippen LogP) is 2.18. The summed E-state index contributed by atoms with van der Waals surface area (Å²) in [5, 5.41) is 0. The number of hydrogen-bond acceptors (Lipinski definition) is 4. The van der Waals surface area contributed by atoms with Crippen LogP contribution in [0.4, 0.5) is 0 Å². The maximum absolute atomic E-state index is 12.0. The summed E-state index contributed by atoms with van der Waals surface area (Å²) >= 11 is 0. The number of halogens is 1. The first-order valence-electron chi connectivity index (χ1n) is 6.08. The highest BCUT2D eigenvalue weighted by atomic mass is 35.7. The summed E-state index contributed by atoms with van der Waals surface area (Å²) in [6.07, 6.45) is 0. The molecule has 0 saturated heterocycles. The van der Waals surface area contributed by atoms with Crippen molar-refractivity contribution in [2.45, 2.75) is 30.6 Å². The van der Waals surface area contributed by atoms with Crippen LogP contribution in [0.1, 0.15) is 20.8 Å². The van der Waals surface area contributed by atoms with Crippen molar-refractivity contribution in [3.05, 3.63) is 24.3 Å². The fourth-order valence-corrected chi connectivity index (χ4v) is 3.25. The lowest BCUT2D eigenvalue weighted by Crippen LogP contribution is -2.30. The molecule has 20 heavy (non-hydrogen) atoms. The summed E-state index contributed by atoms with van der Waals surface area (Å²) in [5.41, 5.74) is 0. The van der Waals surface area contributed by atoms with E-state index < -0.39 is 19.1 Å². The monoisotopic (exact) mass is 339 g/mol. The molecule has 8 heteroatoms. The van der Waals surface area contributed by atoms with E-state index in [9.17, 15) is 16.8 Å². The van der Waals surface area contributed by atoms with Gasteiger partial charge in [-0.25, -0.2) is 21.6 Å². The van der Waals surface area contributed by atoms with E-state index in [1.807, 2.05) is 20.8 Å². The zero-order valence-corrected chi connectivity index (χ0v) is 13.9. The fraction of sp³-hybridized carbons (Fsp3) is 0.500. The van der Waals surface area contributed by atoms with E-state index in [0.29, 0.717) is 12.5 Å². The van der Waals surface area contributed by atoms with Gasteiger partial charge in [-0.05, 0) is 36.1 Å². The maximum Gasteiger partial charge on any atom is 0.261 e. The Morgan fingerprint density at radius 2 is 1.45 bits per heavy atom. The van der Waals surface area contributed by atoms with Crippen molar-refractivity contribution in [1.29, 1.82) is 0 Å². The third-order valence-electron chi connectivity index (χ3n) is 3.15. The molecule has 1 N–H and O–H groups in total. The van der Waals surface area contributed by atoms with E-state index in [2.05, 4.69) is 4.72 Å². The molecule has 0 fully saturated rings. The normalized spacial score (nSPS) is 14.4. The first-order chi connectivity index (χ1) is 9.04. The zero-order chi connectivity index (χ0) is 15.6. The standard InChI is InChI=1S/C12H18ClNO4S2/c1-9(2)10(3)8-14-20(17,18)12-6-4-11(5-7-12)19(13,15)16/h4-7,9-10,14H,8H2,1-3H3. The van der Waals surface area contributed by atoms with Gasteiger partial charge in [0.2, 0.25) is 10.0 Å². The maximum atomic E-state index is 12.0. The molecule has 0 aliphatic carbocycles. The van der Waals surface area contributed by atoms with Gasteiger partial charge in [0.05, 0.1) is 9.79 Å². The summed E-state index contributed by atoms with van der Waals surface area (Å²) < 4.78 is 48.7. The van der Waals surface area contributed by atoms with Gasteiger partial charge in [-0.2, -0.15) is 0 Å². The van der Waals surface area contributed by atoms with Crippen molar-refractivity contribution in [2.75, 3.05) is 6.54 Å². The van der Waals surface area contributed by atoms with Crippen molar-refractivity contribution >= 4 is 29.8 Å². The smallest absolute Gasteiger partial charge is 0.211 e. The highest BCUT2D eigenvalue weighted by Crippen LogP contribution is 2.18. The van der Waals surface area contributed by atoms with Crippen molar-refractivity contribution < 1.29 is 16.8 Å². The molecular formula is C12H18ClNO4S2. The van der Waals surface area contributed by atoms with E-state index in [1.165, 1.54) is 24.3 Å². The van der Waals surface area contributed by atoms with E-state index in [1.54, 1.807) is 0 Å². The molecule has 1 unspecified atom stereocenters. The van der Waals surface area contributed by atoms with Gasteiger partial charge in [0.25, 0.3) is 9.05 Å². The molecule has 1 rings (SSSR count). The van der Waals surface area contributed by atoms with Gasteiger partial charge in [0, 0.05) is 17.2 Å². The zero-order valence-electron chi connectivity index (χ0n) is 11.5. The van der Waals surface area contributed by atoms with Crippen molar-refractivity contribution in [3.63, 3.8) is 0 Å². The van der Waals surface area contributed by atoms with Crippen LogP contribution in [-0.2, 0) is 19.1 Å². The van der Waals surface area contributed by atoms with Crippen LogP contribution in [0.25, 0.3) is 0 Å². The number of sulfonamides is 1. The largest absolute Gasteiger partial charge is 0.261 e. The molecular weight excluding hydrogens is 322 g/mol. The molecule has 0 bridgehead atoms. The van der Waals surface area contributed by atoms with Crippen LogP contribution < -0.4 is 4.72 Å². The van der Waals surface area contributed by atoms with Crippen LogP contribution in [0.2, 0.25) is 0 Å². The first kappa shape index (κ1) is 17.4. The Hall–Kier alpha value is -0.630. The molecule has 0 heterocycles. The Labute approximate surface area is 124 Å². The molecule has 5 nitrogen and oxygen atoms in total. The van der Waals surface area contributed by atoms with E-state index in [4.69, 9.17) is 10.7 Å². The second kappa shape index (κ2) is 6.43. The fourth-order valence-electron chi connectivity index (χ4n) is 1.34. The van der Waals surface area contributed by atoms with E-state index in [-0.39, 0.29) is 15.7 Å². The molecule has 0 amide bonds. The third-order valence-corrected chi connectivity index (χ3v) is 5.96. The van der Waals surface area contributed by atoms with E-state index in [0.717, 1.165) is 0 Å².